The quantitative estimate of drug-likeness (QED) is 0.450. The lowest BCUT2D eigenvalue weighted by atomic mass is 9.94. The highest BCUT2D eigenvalue weighted by molar-refractivity contribution is 6.32. The third-order valence-corrected chi connectivity index (χ3v) is 4.80. The number of amides is 2. The molecule has 140 valence electrons. The molecule has 0 aliphatic carbocycles. The van der Waals surface area contributed by atoms with Crippen molar-refractivity contribution in [3.63, 3.8) is 0 Å². The van der Waals surface area contributed by atoms with Gasteiger partial charge in [-0.25, -0.2) is 4.90 Å². The first-order valence-electron chi connectivity index (χ1n) is 8.30. The van der Waals surface area contributed by atoms with Crippen molar-refractivity contribution in [2.45, 2.75) is 6.10 Å². The van der Waals surface area contributed by atoms with Crippen LogP contribution in [0.1, 0.15) is 5.56 Å². The molecule has 0 unspecified atom stereocenters. The van der Waals surface area contributed by atoms with Gasteiger partial charge in [0, 0.05) is 23.8 Å². The van der Waals surface area contributed by atoms with Crippen molar-refractivity contribution in [1.82, 2.24) is 0 Å². The van der Waals surface area contributed by atoms with Gasteiger partial charge in [-0.15, -0.1) is 0 Å². The summed E-state index contributed by atoms with van der Waals surface area (Å²) < 4.78 is 10.5. The van der Waals surface area contributed by atoms with Crippen LogP contribution in [0.2, 0.25) is 0 Å². The van der Waals surface area contributed by atoms with Crippen LogP contribution in [-0.4, -0.2) is 35.3 Å². The minimum atomic E-state index is -1.07. The zero-order valence-corrected chi connectivity index (χ0v) is 14.1. The van der Waals surface area contributed by atoms with Crippen LogP contribution in [0.5, 0.6) is 11.5 Å². The van der Waals surface area contributed by atoms with Crippen molar-refractivity contribution in [3.8, 4) is 11.5 Å². The summed E-state index contributed by atoms with van der Waals surface area (Å²) in [6.07, 6.45) is -1.07. The summed E-state index contributed by atoms with van der Waals surface area (Å²) in [5.41, 5.74) is 1.00. The van der Waals surface area contributed by atoms with Gasteiger partial charge in [0.05, 0.1) is 10.6 Å². The Morgan fingerprint density at radius 2 is 1.79 bits per heavy atom. The molecule has 3 aliphatic rings. The van der Waals surface area contributed by atoms with E-state index in [9.17, 15) is 19.7 Å². The maximum atomic E-state index is 13.0. The molecule has 0 aromatic heterocycles. The molecule has 2 atom stereocenters. The van der Waals surface area contributed by atoms with Gasteiger partial charge in [-0.1, -0.05) is 5.16 Å². The molecular weight excluding hydrogens is 370 g/mol. The second-order valence-electron chi connectivity index (χ2n) is 6.33. The molecule has 28 heavy (non-hydrogen) atoms. The van der Waals surface area contributed by atoms with Crippen LogP contribution in [0.15, 0.2) is 47.6 Å². The van der Waals surface area contributed by atoms with E-state index in [1.54, 1.807) is 18.2 Å². The molecule has 0 radical (unpaired) electrons. The van der Waals surface area contributed by atoms with E-state index in [4.69, 9.17) is 14.3 Å². The lowest BCUT2D eigenvalue weighted by Gasteiger charge is -2.15. The Kier molecular flexibility index (Phi) is 3.35. The number of nitro groups is 1. The Morgan fingerprint density at radius 3 is 2.54 bits per heavy atom. The summed E-state index contributed by atoms with van der Waals surface area (Å²) in [4.78, 5) is 42.4. The van der Waals surface area contributed by atoms with Crippen LogP contribution >= 0.6 is 0 Å². The highest BCUT2D eigenvalue weighted by Crippen LogP contribution is 2.40. The minimum absolute atomic E-state index is 0.0754. The molecule has 2 aromatic carbocycles. The molecule has 0 spiro atoms. The second kappa shape index (κ2) is 5.78. The highest BCUT2D eigenvalue weighted by atomic mass is 16.7. The van der Waals surface area contributed by atoms with Gasteiger partial charge in [0.15, 0.2) is 11.5 Å². The van der Waals surface area contributed by atoms with Crippen LogP contribution in [0.3, 0.4) is 0 Å². The maximum Gasteiger partial charge on any atom is 0.278 e. The summed E-state index contributed by atoms with van der Waals surface area (Å²) in [6, 6.07) is 10.3. The van der Waals surface area contributed by atoms with E-state index in [1.807, 2.05) is 0 Å². The van der Waals surface area contributed by atoms with Crippen LogP contribution < -0.4 is 14.4 Å². The molecule has 10 nitrogen and oxygen atoms in total. The van der Waals surface area contributed by atoms with Crippen LogP contribution in [-0.2, 0) is 14.4 Å². The number of ether oxygens (including phenoxy) is 2. The van der Waals surface area contributed by atoms with Gasteiger partial charge in [-0.2, -0.15) is 0 Å². The molecule has 3 heterocycles. The van der Waals surface area contributed by atoms with Gasteiger partial charge in [0.1, 0.15) is 11.6 Å². The number of hydrogen-bond donors (Lipinski definition) is 0. The Balaban J connectivity index is 1.47. The largest absolute Gasteiger partial charge is 0.454 e. The first kappa shape index (κ1) is 16.2. The van der Waals surface area contributed by atoms with Gasteiger partial charge in [0.25, 0.3) is 11.6 Å². The molecule has 0 N–H and O–H groups in total. The SMILES string of the molecule is O=C1[C@H]2C(c3ccc([N+](=O)[O-])cc3)=NO[C@H]2C(=O)N1c1ccc2c(c1)OCO2. The summed E-state index contributed by atoms with van der Waals surface area (Å²) in [5.74, 6) is -0.954. The van der Waals surface area contributed by atoms with E-state index in [0.717, 1.165) is 4.90 Å². The summed E-state index contributed by atoms with van der Waals surface area (Å²) in [7, 11) is 0. The Morgan fingerprint density at radius 1 is 1.04 bits per heavy atom. The lowest BCUT2D eigenvalue weighted by molar-refractivity contribution is -0.384. The normalized spacial score (nSPS) is 22.1. The first-order valence-corrected chi connectivity index (χ1v) is 8.30. The van der Waals surface area contributed by atoms with Gasteiger partial charge in [0.2, 0.25) is 18.8 Å². The van der Waals surface area contributed by atoms with Gasteiger partial charge >= 0.3 is 0 Å². The van der Waals surface area contributed by atoms with E-state index in [2.05, 4.69) is 5.16 Å². The number of imide groups is 1. The molecular formula is C18H11N3O7. The zero-order chi connectivity index (χ0) is 19.4. The maximum absolute atomic E-state index is 13.0. The summed E-state index contributed by atoms with van der Waals surface area (Å²) in [5, 5.41) is 14.7. The summed E-state index contributed by atoms with van der Waals surface area (Å²) in [6.45, 7) is 0.0754. The number of fused-ring (bicyclic) bond motifs is 2. The molecule has 2 aromatic rings. The third-order valence-electron chi connectivity index (χ3n) is 4.80. The second-order valence-corrected chi connectivity index (χ2v) is 6.33. The molecule has 2 amide bonds. The van der Waals surface area contributed by atoms with Gasteiger partial charge < -0.3 is 14.3 Å². The van der Waals surface area contributed by atoms with Crippen molar-refractivity contribution < 1.29 is 28.8 Å². The lowest BCUT2D eigenvalue weighted by Crippen LogP contribution is -2.33. The van der Waals surface area contributed by atoms with Crippen molar-refractivity contribution >= 4 is 28.9 Å². The van der Waals surface area contributed by atoms with Gasteiger partial charge in [-0.05, 0) is 24.3 Å². The van der Waals surface area contributed by atoms with Crippen molar-refractivity contribution in [3.05, 3.63) is 58.1 Å². The molecule has 1 saturated heterocycles. The molecule has 1 fully saturated rings. The fourth-order valence-electron chi connectivity index (χ4n) is 3.45. The van der Waals surface area contributed by atoms with E-state index in [-0.39, 0.29) is 18.2 Å². The smallest absolute Gasteiger partial charge is 0.278 e. The number of carbonyl (C=O) groups is 2. The molecule has 3 aliphatic heterocycles. The Bertz CT molecular complexity index is 1060. The molecule has 0 bridgehead atoms. The first-order chi connectivity index (χ1) is 13.5. The summed E-state index contributed by atoms with van der Waals surface area (Å²) >= 11 is 0. The number of hydrogen-bond acceptors (Lipinski definition) is 8. The molecule has 5 rings (SSSR count). The number of rotatable bonds is 3. The van der Waals surface area contributed by atoms with Crippen molar-refractivity contribution in [1.29, 1.82) is 0 Å². The number of carbonyl (C=O) groups excluding carboxylic acids is 2. The average molecular weight is 381 g/mol. The van der Waals surface area contributed by atoms with Crippen LogP contribution in [0.4, 0.5) is 11.4 Å². The Hall–Kier alpha value is -3.95. The van der Waals surface area contributed by atoms with Crippen molar-refractivity contribution in [2.75, 3.05) is 11.7 Å². The topological polar surface area (TPSA) is 121 Å². The van der Waals surface area contributed by atoms with Crippen LogP contribution in [0, 0.1) is 16.0 Å². The number of anilines is 1. The zero-order valence-electron chi connectivity index (χ0n) is 14.1. The van der Waals surface area contributed by atoms with Gasteiger partial charge in [-0.3, -0.25) is 19.7 Å². The van der Waals surface area contributed by atoms with Crippen LogP contribution in [0.25, 0.3) is 0 Å². The number of nitro benzene ring substituents is 1. The number of non-ortho nitro benzene ring substituents is 1. The van der Waals surface area contributed by atoms with E-state index < -0.39 is 28.8 Å². The third kappa shape index (κ3) is 2.24. The minimum Gasteiger partial charge on any atom is -0.454 e. The molecule has 0 saturated carbocycles. The Labute approximate surface area is 157 Å². The van der Waals surface area contributed by atoms with E-state index >= 15 is 0 Å². The number of oxime groups is 1. The predicted molar refractivity (Wildman–Crippen MR) is 93.1 cm³/mol. The number of benzene rings is 2. The van der Waals surface area contributed by atoms with E-state index in [1.165, 1.54) is 24.3 Å². The van der Waals surface area contributed by atoms with Crippen molar-refractivity contribution in [2.24, 2.45) is 11.1 Å². The predicted octanol–water partition coefficient (Wildman–Crippen LogP) is 1.62. The average Bonchev–Trinajstić information content (AvgIpc) is 3.39. The van der Waals surface area contributed by atoms with E-state index in [0.29, 0.717) is 22.7 Å². The number of nitrogens with zero attached hydrogens (tertiary/aromatic N) is 3. The monoisotopic (exact) mass is 381 g/mol. The fourth-order valence-corrected chi connectivity index (χ4v) is 3.45. The standard InChI is InChI=1S/C18H11N3O7/c22-17-14-15(9-1-3-10(4-2-9)21(24)25)19-28-16(14)18(23)20(17)11-5-6-12-13(7-11)27-8-26-12/h1-7,14,16H,8H2/t14-,16+/m0/s1. The molecule has 10 heteroatoms. The highest BCUT2D eigenvalue weighted by Gasteiger charge is 2.56. The fraction of sp³-hybridized carbons (Fsp3) is 0.167.